The van der Waals surface area contributed by atoms with E-state index in [2.05, 4.69) is 0 Å². The number of hydrogen-bond acceptors (Lipinski definition) is 3. The summed E-state index contributed by atoms with van der Waals surface area (Å²) >= 11 is 6.09. The Balaban J connectivity index is 1.80. The number of halogens is 2. The molecule has 1 aliphatic carbocycles. The minimum atomic E-state index is -0.597. The van der Waals surface area contributed by atoms with Crippen LogP contribution in [0.5, 0.6) is 0 Å². The summed E-state index contributed by atoms with van der Waals surface area (Å²) in [6.45, 7) is 6.45. The number of likely N-dealkylation sites (tertiary alicyclic amines) is 1. The van der Waals surface area contributed by atoms with Crippen LogP contribution in [0.15, 0.2) is 18.2 Å². The maximum Gasteiger partial charge on any atom is 0.410 e. The summed E-state index contributed by atoms with van der Waals surface area (Å²) in [4.78, 5) is 29.3. The van der Waals surface area contributed by atoms with E-state index < -0.39 is 11.4 Å². The van der Waals surface area contributed by atoms with Crippen LogP contribution in [0.25, 0.3) is 0 Å². The van der Waals surface area contributed by atoms with E-state index in [9.17, 15) is 14.0 Å². The average Bonchev–Trinajstić information content (AvgIpc) is 3.28. The average molecular weight is 411 g/mol. The molecule has 7 heteroatoms. The van der Waals surface area contributed by atoms with Gasteiger partial charge in [-0.05, 0) is 52.2 Å². The fraction of sp³-hybridized carbons (Fsp3) is 0.619. The number of amides is 2. The fourth-order valence-corrected chi connectivity index (χ4v) is 4.29. The monoisotopic (exact) mass is 410 g/mol. The molecule has 0 spiro atoms. The Bertz CT molecular complexity index is 744. The molecule has 1 aromatic rings. The van der Waals surface area contributed by atoms with Crippen molar-refractivity contribution in [3.63, 3.8) is 0 Å². The summed E-state index contributed by atoms with van der Waals surface area (Å²) in [5.74, 6) is -0.854. The van der Waals surface area contributed by atoms with Crippen LogP contribution in [-0.4, -0.2) is 52.6 Å². The smallest absolute Gasteiger partial charge is 0.410 e. The van der Waals surface area contributed by atoms with Crippen molar-refractivity contribution >= 4 is 23.6 Å². The van der Waals surface area contributed by atoms with E-state index >= 15 is 0 Å². The zero-order valence-electron chi connectivity index (χ0n) is 16.7. The number of carbonyl (C=O) groups is 2. The molecule has 5 nitrogen and oxygen atoms in total. The topological polar surface area (TPSA) is 49.9 Å². The quantitative estimate of drug-likeness (QED) is 0.714. The van der Waals surface area contributed by atoms with Gasteiger partial charge in [-0.25, -0.2) is 9.18 Å². The molecule has 1 aliphatic heterocycles. The molecule has 2 amide bonds. The Hall–Kier alpha value is -1.82. The van der Waals surface area contributed by atoms with Gasteiger partial charge in [0.1, 0.15) is 11.4 Å². The van der Waals surface area contributed by atoms with Crippen LogP contribution in [0.2, 0.25) is 5.02 Å². The van der Waals surface area contributed by atoms with Gasteiger partial charge in [-0.1, -0.05) is 30.5 Å². The second kappa shape index (κ2) is 8.27. The number of ether oxygens (including phenoxy) is 1. The molecule has 0 radical (unpaired) electrons. The lowest BCUT2D eigenvalue weighted by atomic mass is 10.1. The normalized spacial score (nSPS) is 20.5. The third-order valence-electron chi connectivity index (χ3n) is 5.34. The highest BCUT2D eigenvalue weighted by molar-refractivity contribution is 6.34. The van der Waals surface area contributed by atoms with Gasteiger partial charge in [-0.15, -0.1) is 0 Å². The summed E-state index contributed by atoms with van der Waals surface area (Å²) in [6, 6.07) is 4.29. The van der Waals surface area contributed by atoms with Gasteiger partial charge in [0.25, 0.3) is 5.91 Å². The number of hydrogen-bond donors (Lipinski definition) is 0. The molecule has 1 atom stereocenters. The minimum Gasteiger partial charge on any atom is -0.444 e. The molecule has 0 aromatic heterocycles. The van der Waals surface area contributed by atoms with Gasteiger partial charge in [0.05, 0.1) is 16.6 Å². The molecule has 2 fully saturated rings. The molecule has 1 aromatic carbocycles. The summed E-state index contributed by atoms with van der Waals surface area (Å²) in [6.07, 6.45) is 4.27. The summed E-state index contributed by atoms with van der Waals surface area (Å²) in [7, 11) is 0. The molecular weight excluding hydrogens is 383 g/mol. The second-order valence-electron chi connectivity index (χ2n) is 8.62. The molecule has 3 rings (SSSR count). The lowest BCUT2D eigenvalue weighted by Crippen LogP contribution is -2.48. The van der Waals surface area contributed by atoms with E-state index in [-0.39, 0.29) is 34.7 Å². The first-order chi connectivity index (χ1) is 13.2. The van der Waals surface area contributed by atoms with Crippen LogP contribution in [0.3, 0.4) is 0 Å². The minimum absolute atomic E-state index is 0.0930. The largest absolute Gasteiger partial charge is 0.444 e. The van der Waals surface area contributed by atoms with E-state index in [4.69, 9.17) is 16.3 Å². The third kappa shape index (κ3) is 4.59. The van der Waals surface area contributed by atoms with Crippen molar-refractivity contribution in [2.75, 3.05) is 13.1 Å². The van der Waals surface area contributed by atoms with E-state index in [0.29, 0.717) is 19.5 Å². The number of carbonyl (C=O) groups excluding carboxylic acids is 2. The van der Waals surface area contributed by atoms with Gasteiger partial charge in [0.15, 0.2) is 0 Å². The predicted octanol–water partition coefficient (Wildman–Crippen LogP) is 4.87. The highest BCUT2D eigenvalue weighted by Gasteiger charge is 2.39. The van der Waals surface area contributed by atoms with Crippen LogP contribution in [0, 0.1) is 5.82 Å². The molecular formula is C21H28ClFN2O3. The molecule has 2 aliphatic rings. The van der Waals surface area contributed by atoms with Crippen molar-refractivity contribution in [1.82, 2.24) is 9.80 Å². The lowest BCUT2D eigenvalue weighted by Gasteiger charge is -2.35. The Morgan fingerprint density at radius 2 is 1.86 bits per heavy atom. The maximum absolute atomic E-state index is 13.9. The molecule has 154 valence electrons. The SMILES string of the molecule is CC(C)(C)OC(=O)N1CC[C@H](N(C(=O)c2cccc(F)c2Cl)C2CCCC2)C1. The molecule has 1 heterocycles. The third-order valence-corrected chi connectivity index (χ3v) is 5.73. The van der Waals surface area contributed by atoms with Crippen molar-refractivity contribution in [3.05, 3.63) is 34.6 Å². The Kier molecular flexibility index (Phi) is 6.18. The van der Waals surface area contributed by atoms with E-state index in [1.165, 1.54) is 12.1 Å². The molecule has 28 heavy (non-hydrogen) atoms. The number of rotatable bonds is 3. The maximum atomic E-state index is 13.9. The Morgan fingerprint density at radius 3 is 2.50 bits per heavy atom. The summed E-state index contributed by atoms with van der Waals surface area (Å²) in [5.41, 5.74) is -0.380. The molecule has 1 saturated heterocycles. The standard InChI is InChI=1S/C21H28ClFN2O3/c1-21(2,3)28-20(27)24-12-11-15(13-24)25(14-7-4-5-8-14)19(26)16-9-6-10-17(23)18(16)22/h6,9-10,14-15H,4-5,7-8,11-13H2,1-3H3/t15-/m0/s1. The Morgan fingerprint density at radius 1 is 1.18 bits per heavy atom. The lowest BCUT2D eigenvalue weighted by molar-refractivity contribution is 0.0265. The van der Waals surface area contributed by atoms with Crippen molar-refractivity contribution in [2.24, 2.45) is 0 Å². The first-order valence-corrected chi connectivity index (χ1v) is 10.3. The van der Waals surface area contributed by atoms with E-state index in [1.54, 1.807) is 11.0 Å². The zero-order chi connectivity index (χ0) is 20.5. The second-order valence-corrected chi connectivity index (χ2v) is 9.00. The van der Waals surface area contributed by atoms with Crippen LogP contribution < -0.4 is 0 Å². The summed E-state index contributed by atoms with van der Waals surface area (Å²) < 4.78 is 19.4. The van der Waals surface area contributed by atoms with Gasteiger partial charge < -0.3 is 14.5 Å². The van der Waals surface area contributed by atoms with Crippen molar-refractivity contribution < 1.29 is 18.7 Å². The molecule has 0 bridgehead atoms. The van der Waals surface area contributed by atoms with Crippen LogP contribution >= 0.6 is 11.6 Å². The Labute approximate surface area is 170 Å². The van der Waals surface area contributed by atoms with Gasteiger partial charge in [0, 0.05) is 19.1 Å². The molecule has 0 unspecified atom stereocenters. The highest BCUT2D eigenvalue weighted by Crippen LogP contribution is 2.32. The first kappa shape index (κ1) is 20.9. The van der Waals surface area contributed by atoms with Gasteiger partial charge in [0.2, 0.25) is 0 Å². The van der Waals surface area contributed by atoms with E-state index in [0.717, 1.165) is 25.7 Å². The van der Waals surface area contributed by atoms with Gasteiger partial charge in [-0.3, -0.25) is 4.79 Å². The van der Waals surface area contributed by atoms with Crippen LogP contribution in [0.4, 0.5) is 9.18 Å². The molecule has 1 saturated carbocycles. The molecule has 0 N–H and O–H groups in total. The van der Waals surface area contributed by atoms with Crippen LogP contribution in [-0.2, 0) is 4.74 Å². The summed E-state index contributed by atoms with van der Waals surface area (Å²) in [5, 5.41) is -0.141. The number of benzene rings is 1. The van der Waals surface area contributed by atoms with Gasteiger partial charge in [-0.2, -0.15) is 0 Å². The first-order valence-electron chi connectivity index (χ1n) is 9.92. The van der Waals surface area contributed by atoms with Crippen molar-refractivity contribution in [3.8, 4) is 0 Å². The zero-order valence-corrected chi connectivity index (χ0v) is 17.5. The van der Waals surface area contributed by atoms with Gasteiger partial charge >= 0.3 is 6.09 Å². The van der Waals surface area contributed by atoms with Crippen molar-refractivity contribution in [2.45, 2.75) is 70.6 Å². The van der Waals surface area contributed by atoms with Crippen molar-refractivity contribution in [1.29, 1.82) is 0 Å². The fourth-order valence-electron chi connectivity index (χ4n) is 4.08. The number of nitrogens with zero attached hydrogens (tertiary/aromatic N) is 2. The highest BCUT2D eigenvalue weighted by atomic mass is 35.5. The predicted molar refractivity (Wildman–Crippen MR) is 106 cm³/mol. The van der Waals surface area contributed by atoms with Crippen LogP contribution in [0.1, 0.15) is 63.2 Å². The van der Waals surface area contributed by atoms with E-state index in [1.807, 2.05) is 25.7 Å².